The summed E-state index contributed by atoms with van der Waals surface area (Å²) < 4.78 is 51.1. The lowest BCUT2D eigenvalue weighted by Gasteiger charge is -2.32. The summed E-state index contributed by atoms with van der Waals surface area (Å²) in [6.45, 7) is 6.27. The zero-order chi connectivity index (χ0) is 23.0. The number of carboxylic acids is 1. The molecule has 0 spiro atoms. The number of β-amino-alcohol motifs (C(OH)–C–C–N with tert-alkyl or cyclic N) is 1. The molecule has 0 saturated carbocycles. The Kier molecular flexibility index (Phi) is 9.17. The van der Waals surface area contributed by atoms with Crippen LogP contribution in [0, 0.1) is 5.82 Å². The molecule has 6 nitrogen and oxygen atoms in total. The van der Waals surface area contributed by atoms with Crippen molar-refractivity contribution >= 4 is 16.7 Å². The fraction of sp³-hybridized carbons (Fsp3) is 0.476. The van der Waals surface area contributed by atoms with E-state index in [1.54, 1.807) is 12.1 Å². The highest BCUT2D eigenvalue weighted by Gasteiger charge is 2.38. The number of ether oxygens (including phenoxy) is 1. The highest BCUT2D eigenvalue weighted by Crippen LogP contribution is 2.21. The molecule has 0 aliphatic carbocycles. The molecule has 10 heteroatoms. The van der Waals surface area contributed by atoms with Gasteiger partial charge in [0, 0.05) is 38.1 Å². The van der Waals surface area contributed by atoms with E-state index >= 15 is 0 Å². The largest absolute Gasteiger partial charge is 0.490 e. The zero-order valence-electron chi connectivity index (χ0n) is 17.0. The number of hydrogen-bond donors (Lipinski definition) is 3. The second kappa shape index (κ2) is 11.4. The molecule has 0 amide bonds. The SMILES string of the molecule is CC1CN(CC(O)CNCc2ccc(F)c3ccccc23)CCO1.O=C(O)C(F)(F)F. The maximum Gasteiger partial charge on any atom is 0.490 e. The van der Waals surface area contributed by atoms with Gasteiger partial charge in [-0.05, 0) is 23.9 Å². The molecule has 2 aromatic carbocycles. The van der Waals surface area contributed by atoms with Gasteiger partial charge in [-0.25, -0.2) is 9.18 Å². The van der Waals surface area contributed by atoms with Crippen molar-refractivity contribution in [2.45, 2.75) is 31.9 Å². The Bertz CT molecular complexity index is 863. The van der Waals surface area contributed by atoms with Gasteiger partial charge in [0.25, 0.3) is 0 Å². The van der Waals surface area contributed by atoms with Crippen molar-refractivity contribution in [1.29, 1.82) is 0 Å². The fourth-order valence-electron chi connectivity index (χ4n) is 3.27. The number of nitrogens with zero attached hydrogens (tertiary/aromatic N) is 1. The molecule has 1 fully saturated rings. The van der Waals surface area contributed by atoms with Gasteiger partial charge in [-0.3, -0.25) is 4.90 Å². The Morgan fingerprint density at radius 1 is 1.26 bits per heavy atom. The van der Waals surface area contributed by atoms with Gasteiger partial charge in [0.05, 0.1) is 18.8 Å². The lowest BCUT2D eigenvalue weighted by atomic mass is 10.0. The van der Waals surface area contributed by atoms with Crippen LogP contribution in [0.5, 0.6) is 0 Å². The summed E-state index contributed by atoms with van der Waals surface area (Å²) in [5.74, 6) is -2.96. The first-order valence-electron chi connectivity index (χ1n) is 9.77. The van der Waals surface area contributed by atoms with E-state index in [9.17, 15) is 22.7 Å². The Morgan fingerprint density at radius 3 is 2.52 bits per heavy atom. The Labute approximate surface area is 177 Å². The quantitative estimate of drug-likeness (QED) is 0.592. The fourth-order valence-corrected chi connectivity index (χ4v) is 3.27. The highest BCUT2D eigenvalue weighted by atomic mass is 19.4. The molecular formula is C21H26F4N2O4. The predicted molar refractivity (Wildman–Crippen MR) is 107 cm³/mol. The van der Waals surface area contributed by atoms with Crippen molar-refractivity contribution < 1.29 is 37.3 Å². The maximum absolute atomic E-state index is 13.8. The smallest absolute Gasteiger partial charge is 0.475 e. The molecule has 3 N–H and O–H groups in total. The summed E-state index contributed by atoms with van der Waals surface area (Å²) in [5, 5.41) is 22.2. The van der Waals surface area contributed by atoms with Gasteiger partial charge in [-0.2, -0.15) is 13.2 Å². The molecule has 0 bridgehead atoms. The first-order chi connectivity index (χ1) is 14.6. The van der Waals surface area contributed by atoms with Crippen molar-refractivity contribution in [2.24, 2.45) is 0 Å². The number of fused-ring (bicyclic) bond motifs is 1. The van der Waals surface area contributed by atoms with Crippen molar-refractivity contribution in [3.8, 4) is 0 Å². The van der Waals surface area contributed by atoms with Gasteiger partial charge in [0.2, 0.25) is 0 Å². The summed E-state index contributed by atoms with van der Waals surface area (Å²) in [7, 11) is 0. The molecule has 1 heterocycles. The van der Waals surface area contributed by atoms with Crippen molar-refractivity contribution in [1.82, 2.24) is 10.2 Å². The van der Waals surface area contributed by atoms with E-state index in [0.717, 1.165) is 30.6 Å². The molecule has 1 aliphatic rings. The minimum absolute atomic E-state index is 0.198. The van der Waals surface area contributed by atoms with Crippen molar-refractivity contribution in [2.75, 3.05) is 32.8 Å². The molecule has 3 rings (SSSR count). The lowest BCUT2D eigenvalue weighted by molar-refractivity contribution is -0.192. The van der Waals surface area contributed by atoms with Crippen LogP contribution in [0.25, 0.3) is 10.8 Å². The van der Waals surface area contributed by atoms with Gasteiger partial charge in [-0.1, -0.05) is 30.3 Å². The Balaban J connectivity index is 0.000000423. The zero-order valence-corrected chi connectivity index (χ0v) is 17.0. The third-order valence-electron chi connectivity index (χ3n) is 4.69. The molecule has 2 unspecified atom stereocenters. The van der Waals surface area contributed by atoms with Crippen LogP contribution in [-0.2, 0) is 16.1 Å². The average molecular weight is 446 g/mol. The standard InChI is InChI=1S/C19H25FN2O2.C2HF3O2/c1-14-12-22(8-9-24-14)13-16(23)11-21-10-15-6-7-19(20)18-5-3-2-4-17(15)18;3-2(4,5)1(6)7/h2-7,14,16,21,23H,8-13H2,1H3;(H,6,7). The molecule has 0 radical (unpaired) electrons. The van der Waals surface area contributed by atoms with E-state index in [2.05, 4.69) is 17.1 Å². The lowest BCUT2D eigenvalue weighted by Crippen LogP contribution is -2.46. The van der Waals surface area contributed by atoms with Crippen LogP contribution in [0.3, 0.4) is 0 Å². The Morgan fingerprint density at radius 2 is 1.90 bits per heavy atom. The number of carbonyl (C=O) groups is 1. The van der Waals surface area contributed by atoms with E-state index in [0.29, 0.717) is 25.0 Å². The van der Waals surface area contributed by atoms with Crippen molar-refractivity contribution in [3.05, 3.63) is 47.8 Å². The summed E-state index contributed by atoms with van der Waals surface area (Å²) >= 11 is 0. The van der Waals surface area contributed by atoms with Gasteiger partial charge in [0.1, 0.15) is 5.82 Å². The minimum atomic E-state index is -5.08. The van der Waals surface area contributed by atoms with Gasteiger partial charge in [-0.15, -0.1) is 0 Å². The molecule has 1 aliphatic heterocycles. The van der Waals surface area contributed by atoms with E-state index in [4.69, 9.17) is 14.6 Å². The average Bonchev–Trinajstić information content (AvgIpc) is 2.70. The van der Waals surface area contributed by atoms with E-state index < -0.39 is 18.2 Å². The number of aliphatic hydroxyl groups is 1. The molecule has 2 aromatic rings. The molecule has 31 heavy (non-hydrogen) atoms. The summed E-state index contributed by atoms with van der Waals surface area (Å²) in [4.78, 5) is 11.1. The number of aliphatic carboxylic acids is 1. The normalized spacial score (nSPS) is 18.3. The third-order valence-corrected chi connectivity index (χ3v) is 4.69. The number of benzene rings is 2. The second-order valence-corrected chi connectivity index (χ2v) is 7.28. The Hall–Kier alpha value is -2.27. The van der Waals surface area contributed by atoms with Gasteiger partial charge < -0.3 is 20.3 Å². The maximum atomic E-state index is 13.8. The van der Waals surface area contributed by atoms with Crippen LogP contribution in [0.2, 0.25) is 0 Å². The molecule has 0 aromatic heterocycles. The topological polar surface area (TPSA) is 82.0 Å². The minimum Gasteiger partial charge on any atom is -0.475 e. The number of carboxylic acid groups (broad SMARTS) is 1. The highest BCUT2D eigenvalue weighted by molar-refractivity contribution is 5.86. The number of nitrogens with one attached hydrogen (secondary N) is 1. The predicted octanol–water partition coefficient (Wildman–Crippen LogP) is 2.78. The number of halogens is 4. The number of aliphatic hydroxyl groups excluding tert-OH is 1. The number of hydrogen-bond acceptors (Lipinski definition) is 5. The first-order valence-corrected chi connectivity index (χ1v) is 9.77. The van der Waals surface area contributed by atoms with Crippen LogP contribution in [0.1, 0.15) is 12.5 Å². The first kappa shape index (κ1) is 25.0. The molecule has 1 saturated heterocycles. The summed E-state index contributed by atoms with van der Waals surface area (Å²) in [6.07, 6.45) is -5.29. The number of morpholine rings is 1. The summed E-state index contributed by atoms with van der Waals surface area (Å²) in [5.41, 5.74) is 1.04. The van der Waals surface area contributed by atoms with Crippen LogP contribution in [0.4, 0.5) is 17.6 Å². The van der Waals surface area contributed by atoms with Crippen LogP contribution in [0.15, 0.2) is 36.4 Å². The third kappa shape index (κ3) is 8.06. The van der Waals surface area contributed by atoms with Crippen LogP contribution >= 0.6 is 0 Å². The van der Waals surface area contributed by atoms with Gasteiger partial charge >= 0.3 is 12.1 Å². The molecule has 172 valence electrons. The molecule has 2 atom stereocenters. The summed E-state index contributed by atoms with van der Waals surface area (Å²) in [6, 6.07) is 10.8. The van der Waals surface area contributed by atoms with Crippen molar-refractivity contribution in [3.63, 3.8) is 0 Å². The second-order valence-electron chi connectivity index (χ2n) is 7.28. The monoisotopic (exact) mass is 446 g/mol. The van der Waals surface area contributed by atoms with Gasteiger partial charge in [0.15, 0.2) is 0 Å². The van der Waals surface area contributed by atoms with Crippen LogP contribution < -0.4 is 5.32 Å². The number of rotatable bonds is 6. The molecular weight excluding hydrogens is 420 g/mol. The number of alkyl halides is 3. The van der Waals surface area contributed by atoms with Crippen LogP contribution in [-0.4, -0.2) is 72.3 Å². The van der Waals surface area contributed by atoms with E-state index in [1.807, 2.05) is 18.2 Å². The van der Waals surface area contributed by atoms with E-state index in [1.165, 1.54) is 6.07 Å². The van der Waals surface area contributed by atoms with E-state index in [-0.39, 0.29) is 11.9 Å².